The molecule has 0 radical (unpaired) electrons. The van der Waals surface area contributed by atoms with E-state index < -0.39 is 18.9 Å². The van der Waals surface area contributed by atoms with Crippen molar-refractivity contribution in [2.75, 3.05) is 19.7 Å². The van der Waals surface area contributed by atoms with Crippen LogP contribution in [0.2, 0.25) is 0 Å². The van der Waals surface area contributed by atoms with Crippen LogP contribution in [-0.2, 0) is 6.54 Å². The van der Waals surface area contributed by atoms with Crippen molar-refractivity contribution >= 4 is 5.91 Å². The fraction of sp³-hybridized carbons (Fsp3) is 0.545. The summed E-state index contributed by atoms with van der Waals surface area (Å²) in [6.07, 6.45) is -0.886. The molecule has 0 fully saturated rings. The number of halogens is 2. The van der Waals surface area contributed by atoms with Gasteiger partial charge in [-0.25, -0.2) is 8.78 Å². The molecular weight excluding hydrogens is 230 g/mol. The Bertz CT molecular complexity index is 366. The van der Waals surface area contributed by atoms with Crippen LogP contribution in [0.25, 0.3) is 0 Å². The largest absolute Gasteiger partial charge is 0.395 e. The summed E-state index contributed by atoms with van der Waals surface area (Å²) in [5, 5.41) is 8.78. The number of aliphatic hydroxyl groups excluding tert-OH is 1. The van der Waals surface area contributed by atoms with Crippen LogP contribution in [0.3, 0.4) is 0 Å². The highest BCUT2D eigenvalue weighted by atomic mass is 19.3. The Morgan fingerprint density at radius 2 is 2.29 bits per heavy atom. The average molecular weight is 246 g/mol. The molecule has 0 spiro atoms. The smallest absolute Gasteiger partial charge is 0.270 e. The van der Waals surface area contributed by atoms with Gasteiger partial charge in [0.1, 0.15) is 5.69 Å². The molecule has 0 aromatic carbocycles. The predicted molar refractivity (Wildman–Crippen MR) is 59.1 cm³/mol. The zero-order valence-electron chi connectivity index (χ0n) is 9.64. The number of amides is 1. The van der Waals surface area contributed by atoms with Gasteiger partial charge in [0.2, 0.25) is 0 Å². The quantitative estimate of drug-likeness (QED) is 0.820. The highest BCUT2D eigenvalue weighted by molar-refractivity contribution is 5.92. The molecule has 0 saturated carbocycles. The molecule has 4 nitrogen and oxygen atoms in total. The van der Waals surface area contributed by atoms with E-state index in [4.69, 9.17) is 5.11 Å². The van der Waals surface area contributed by atoms with Gasteiger partial charge in [-0.1, -0.05) is 0 Å². The third-order valence-electron chi connectivity index (χ3n) is 2.40. The fourth-order valence-corrected chi connectivity index (χ4v) is 1.61. The van der Waals surface area contributed by atoms with E-state index in [1.165, 1.54) is 0 Å². The van der Waals surface area contributed by atoms with E-state index in [0.29, 0.717) is 12.2 Å². The molecule has 0 aliphatic heterocycles. The molecule has 1 aromatic heterocycles. The minimum Gasteiger partial charge on any atom is -0.395 e. The van der Waals surface area contributed by atoms with E-state index in [0.717, 1.165) is 4.90 Å². The lowest BCUT2D eigenvalue weighted by Crippen LogP contribution is -2.38. The number of aliphatic hydroxyl groups is 1. The third-order valence-corrected chi connectivity index (χ3v) is 2.40. The summed E-state index contributed by atoms with van der Waals surface area (Å²) in [5.41, 5.74) is 0.363. The van der Waals surface area contributed by atoms with Crippen LogP contribution in [0.1, 0.15) is 17.4 Å². The van der Waals surface area contributed by atoms with Crippen LogP contribution in [0.4, 0.5) is 8.78 Å². The number of carbonyl (C=O) groups is 1. The van der Waals surface area contributed by atoms with Gasteiger partial charge in [0.25, 0.3) is 12.3 Å². The van der Waals surface area contributed by atoms with Crippen molar-refractivity contribution < 1.29 is 18.7 Å². The molecular formula is C11H16F2N2O2. The maximum atomic E-state index is 12.3. The first-order valence-electron chi connectivity index (χ1n) is 5.43. The Morgan fingerprint density at radius 3 is 2.82 bits per heavy atom. The minimum absolute atomic E-state index is 0.0853. The van der Waals surface area contributed by atoms with Gasteiger partial charge >= 0.3 is 0 Å². The van der Waals surface area contributed by atoms with Crippen LogP contribution in [0, 0.1) is 0 Å². The molecule has 0 saturated heterocycles. The number of hydrogen-bond donors (Lipinski definition) is 1. The van der Waals surface area contributed by atoms with Gasteiger partial charge in [-0.3, -0.25) is 4.79 Å². The van der Waals surface area contributed by atoms with Gasteiger partial charge in [-0.15, -0.1) is 0 Å². The molecule has 0 unspecified atom stereocenters. The fourth-order valence-electron chi connectivity index (χ4n) is 1.61. The van der Waals surface area contributed by atoms with Gasteiger partial charge in [0, 0.05) is 19.3 Å². The maximum Gasteiger partial charge on any atom is 0.270 e. The number of aromatic nitrogens is 1. The second-order valence-corrected chi connectivity index (χ2v) is 3.55. The molecule has 96 valence electrons. The van der Waals surface area contributed by atoms with E-state index in [-0.39, 0.29) is 13.2 Å². The Hall–Kier alpha value is -1.43. The number of aryl methyl sites for hydroxylation is 1. The molecule has 1 rings (SSSR count). The highest BCUT2D eigenvalue weighted by Crippen LogP contribution is 2.08. The minimum atomic E-state index is -2.60. The zero-order chi connectivity index (χ0) is 12.8. The molecule has 0 aliphatic carbocycles. The standard InChI is InChI=1S/C11H16F2N2O2/c1-2-14-5-3-4-9(14)11(17)15(6-7-16)8-10(12)13/h3-5,10,16H,2,6-8H2,1H3. The zero-order valence-corrected chi connectivity index (χ0v) is 9.64. The lowest BCUT2D eigenvalue weighted by atomic mass is 10.3. The first-order chi connectivity index (χ1) is 8.10. The molecule has 17 heavy (non-hydrogen) atoms. The summed E-state index contributed by atoms with van der Waals surface area (Å²) in [7, 11) is 0. The molecule has 0 aliphatic rings. The SMILES string of the molecule is CCn1cccc1C(=O)N(CCO)CC(F)F. The summed E-state index contributed by atoms with van der Waals surface area (Å²) in [6, 6.07) is 3.28. The average Bonchev–Trinajstić information content (AvgIpc) is 2.74. The molecule has 0 bridgehead atoms. The van der Waals surface area contributed by atoms with E-state index in [2.05, 4.69) is 0 Å². The summed E-state index contributed by atoms with van der Waals surface area (Å²) in [6.45, 7) is 1.38. The molecule has 6 heteroatoms. The van der Waals surface area contributed by atoms with E-state index in [1.807, 2.05) is 6.92 Å². The topological polar surface area (TPSA) is 45.5 Å². The van der Waals surface area contributed by atoms with Crippen LogP contribution in [-0.4, -0.2) is 46.6 Å². The number of alkyl halides is 2. The summed E-state index contributed by atoms with van der Waals surface area (Å²) in [4.78, 5) is 12.9. The monoisotopic (exact) mass is 246 g/mol. The number of hydrogen-bond acceptors (Lipinski definition) is 2. The van der Waals surface area contributed by atoms with Crippen LogP contribution in [0.15, 0.2) is 18.3 Å². The molecule has 1 amide bonds. The van der Waals surface area contributed by atoms with Crippen LogP contribution >= 0.6 is 0 Å². The number of rotatable bonds is 6. The molecule has 1 N–H and O–H groups in total. The third kappa shape index (κ3) is 3.52. The summed E-state index contributed by atoms with van der Waals surface area (Å²) >= 11 is 0. The highest BCUT2D eigenvalue weighted by Gasteiger charge is 2.21. The Kier molecular flexibility index (Phi) is 5.09. The van der Waals surface area contributed by atoms with Crippen molar-refractivity contribution in [3.63, 3.8) is 0 Å². The Labute approximate surface area is 98.5 Å². The summed E-state index contributed by atoms with van der Waals surface area (Å²) < 4.78 is 26.3. The number of nitrogens with zero attached hydrogens (tertiary/aromatic N) is 2. The molecule has 0 atom stereocenters. The van der Waals surface area contributed by atoms with Gasteiger partial charge in [0.05, 0.1) is 13.2 Å². The first kappa shape index (κ1) is 13.6. The van der Waals surface area contributed by atoms with Crippen molar-refractivity contribution in [1.29, 1.82) is 0 Å². The lowest BCUT2D eigenvalue weighted by molar-refractivity contribution is 0.0500. The van der Waals surface area contributed by atoms with E-state index >= 15 is 0 Å². The van der Waals surface area contributed by atoms with E-state index in [9.17, 15) is 13.6 Å². The van der Waals surface area contributed by atoms with Crippen molar-refractivity contribution in [2.45, 2.75) is 19.9 Å². The Balaban J connectivity index is 2.83. The van der Waals surface area contributed by atoms with Crippen LogP contribution in [0.5, 0.6) is 0 Å². The van der Waals surface area contributed by atoms with Crippen molar-refractivity contribution in [1.82, 2.24) is 9.47 Å². The van der Waals surface area contributed by atoms with Crippen LogP contribution < -0.4 is 0 Å². The van der Waals surface area contributed by atoms with Crippen molar-refractivity contribution in [3.05, 3.63) is 24.0 Å². The van der Waals surface area contributed by atoms with Crippen molar-refractivity contribution in [2.24, 2.45) is 0 Å². The van der Waals surface area contributed by atoms with E-state index in [1.54, 1.807) is 22.9 Å². The van der Waals surface area contributed by atoms with Gasteiger partial charge in [-0.05, 0) is 19.1 Å². The Morgan fingerprint density at radius 1 is 1.59 bits per heavy atom. The van der Waals surface area contributed by atoms with Gasteiger partial charge in [0.15, 0.2) is 0 Å². The molecule has 1 aromatic rings. The first-order valence-corrected chi connectivity index (χ1v) is 5.43. The normalized spacial score (nSPS) is 10.9. The van der Waals surface area contributed by atoms with Crippen molar-refractivity contribution in [3.8, 4) is 0 Å². The second kappa shape index (κ2) is 6.34. The van der Waals surface area contributed by atoms with Gasteiger partial charge < -0.3 is 14.6 Å². The molecule has 1 heterocycles. The maximum absolute atomic E-state index is 12.3. The number of carbonyl (C=O) groups excluding carboxylic acids is 1. The summed E-state index contributed by atoms with van der Waals surface area (Å²) in [5.74, 6) is -0.480. The second-order valence-electron chi connectivity index (χ2n) is 3.55. The lowest BCUT2D eigenvalue weighted by Gasteiger charge is -2.21. The predicted octanol–water partition coefficient (Wildman–Crippen LogP) is 1.21. The van der Waals surface area contributed by atoms with Gasteiger partial charge in [-0.2, -0.15) is 0 Å².